The maximum Gasteiger partial charge on any atom is 0.409 e. The highest BCUT2D eigenvalue weighted by atomic mass is 127. The molecule has 6 nitrogen and oxygen atoms in total. The van der Waals surface area contributed by atoms with Gasteiger partial charge in [-0.2, -0.15) is 0 Å². The van der Waals surface area contributed by atoms with Crippen molar-refractivity contribution in [1.29, 1.82) is 0 Å². The van der Waals surface area contributed by atoms with Gasteiger partial charge in [0.1, 0.15) is 0 Å². The average Bonchev–Trinajstić information content (AvgIpc) is 2.37. The Labute approximate surface area is 137 Å². The number of aliphatic imine (C=N–C) groups is 1. The molecule has 7 heteroatoms. The van der Waals surface area contributed by atoms with Crippen molar-refractivity contribution in [2.24, 2.45) is 10.7 Å². The van der Waals surface area contributed by atoms with Crippen LogP contribution in [0.5, 0.6) is 0 Å². The molecule has 116 valence electrons. The normalized spacial score (nSPS) is 16.3. The molecule has 0 aromatic heterocycles. The first-order valence-corrected chi connectivity index (χ1v) is 6.65. The van der Waals surface area contributed by atoms with Gasteiger partial charge in [-0.3, -0.25) is 0 Å². The van der Waals surface area contributed by atoms with Crippen LogP contribution in [0.25, 0.3) is 0 Å². The van der Waals surface area contributed by atoms with Gasteiger partial charge >= 0.3 is 6.09 Å². The molecule has 1 rings (SSSR count). The van der Waals surface area contributed by atoms with E-state index in [9.17, 15) is 4.79 Å². The van der Waals surface area contributed by atoms with Crippen molar-refractivity contribution in [1.82, 2.24) is 10.2 Å². The molecule has 0 aromatic carbocycles. The highest BCUT2D eigenvalue weighted by molar-refractivity contribution is 14.0. The molecular formula is C13H25IN4O2. The highest BCUT2D eigenvalue weighted by Gasteiger charge is 2.23. The van der Waals surface area contributed by atoms with E-state index >= 15 is 0 Å². The van der Waals surface area contributed by atoms with E-state index in [4.69, 9.17) is 10.5 Å². The van der Waals surface area contributed by atoms with E-state index in [1.54, 1.807) is 4.90 Å². The first kappa shape index (κ1) is 19.0. The van der Waals surface area contributed by atoms with Crippen LogP contribution in [-0.4, -0.2) is 49.2 Å². The van der Waals surface area contributed by atoms with E-state index < -0.39 is 0 Å². The van der Waals surface area contributed by atoms with Crippen LogP contribution in [0.1, 0.15) is 26.7 Å². The summed E-state index contributed by atoms with van der Waals surface area (Å²) in [7, 11) is 0. The van der Waals surface area contributed by atoms with Crippen LogP contribution < -0.4 is 11.1 Å². The Bertz CT molecular complexity index is 352. The molecule has 0 saturated carbocycles. The van der Waals surface area contributed by atoms with E-state index in [0.29, 0.717) is 32.2 Å². The van der Waals surface area contributed by atoms with Crippen molar-refractivity contribution in [2.75, 3.05) is 26.2 Å². The predicted molar refractivity (Wildman–Crippen MR) is 91.5 cm³/mol. The molecule has 1 aliphatic rings. The molecule has 0 bridgehead atoms. The van der Waals surface area contributed by atoms with Crippen LogP contribution in [0.15, 0.2) is 17.1 Å². The zero-order valence-corrected chi connectivity index (χ0v) is 14.6. The molecule has 1 aliphatic heterocycles. The number of hydrogen-bond acceptors (Lipinski definition) is 3. The molecule has 1 fully saturated rings. The molecule has 20 heavy (non-hydrogen) atoms. The van der Waals surface area contributed by atoms with Crippen LogP contribution in [0.3, 0.4) is 0 Å². The largest absolute Gasteiger partial charge is 0.450 e. The Morgan fingerprint density at radius 2 is 2.10 bits per heavy atom. The second kappa shape index (κ2) is 9.84. The Morgan fingerprint density at radius 3 is 2.60 bits per heavy atom. The zero-order chi connectivity index (χ0) is 14.3. The summed E-state index contributed by atoms with van der Waals surface area (Å²) in [6, 6.07) is 0.263. The Kier molecular flexibility index (Phi) is 9.35. The minimum atomic E-state index is -0.232. The molecule has 0 aromatic rings. The first-order chi connectivity index (χ1) is 9.02. The van der Waals surface area contributed by atoms with Crippen molar-refractivity contribution < 1.29 is 9.53 Å². The van der Waals surface area contributed by atoms with Gasteiger partial charge in [-0.15, -0.1) is 24.0 Å². The van der Waals surface area contributed by atoms with Crippen molar-refractivity contribution in [3.8, 4) is 0 Å². The number of hydrogen-bond donors (Lipinski definition) is 2. The first-order valence-electron chi connectivity index (χ1n) is 6.65. The zero-order valence-electron chi connectivity index (χ0n) is 12.2. The van der Waals surface area contributed by atoms with Gasteiger partial charge in [-0.25, -0.2) is 9.79 Å². The lowest BCUT2D eigenvalue weighted by atomic mass is 10.1. The lowest BCUT2D eigenvalue weighted by Gasteiger charge is -2.31. The number of nitrogens with one attached hydrogen (secondary N) is 1. The molecule has 3 N–H and O–H groups in total. The number of nitrogens with zero attached hydrogens (tertiary/aromatic N) is 2. The van der Waals surface area contributed by atoms with Gasteiger partial charge in [0.25, 0.3) is 0 Å². The highest BCUT2D eigenvalue weighted by Crippen LogP contribution is 2.11. The fourth-order valence-electron chi connectivity index (χ4n) is 1.90. The second-order valence-electron chi connectivity index (χ2n) is 4.76. The lowest BCUT2D eigenvalue weighted by Crippen LogP contribution is -2.48. The van der Waals surface area contributed by atoms with E-state index in [2.05, 4.69) is 16.9 Å². The summed E-state index contributed by atoms with van der Waals surface area (Å²) < 4.78 is 4.97. The van der Waals surface area contributed by atoms with Gasteiger partial charge < -0.3 is 20.7 Å². The molecule has 0 radical (unpaired) electrons. The van der Waals surface area contributed by atoms with Gasteiger partial charge in [0.15, 0.2) is 5.96 Å². The lowest BCUT2D eigenvalue weighted by molar-refractivity contribution is 0.0963. The number of likely N-dealkylation sites (tertiary alicyclic amines) is 1. The second-order valence-corrected chi connectivity index (χ2v) is 4.76. The van der Waals surface area contributed by atoms with Crippen LogP contribution in [0.2, 0.25) is 0 Å². The van der Waals surface area contributed by atoms with Gasteiger partial charge in [-0.05, 0) is 26.7 Å². The molecule has 1 saturated heterocycles. The third kappa shape index (κ3) is 6.97. The fourth-order valence-corrected chi connectivity index (χ4v) is 1.90. The summed E-state index contributed by atoms with van der Waals surface area (Å²) in [4.78, 5) is 17.4. The maximum atomic E-state index is 11.5. The minimum absolute atomic E-state index is 0. The average molecular weight is 396 g/mol. The third-order valence-electron chi connectivity index (χ3n) is 2.89. The summed E-state index contributed by atoms with van der Waals surface area (Å²) in [5.74, 6) is 0.442. The summed E-state index contributed by atoms with van der Waals surface area (Å²) >= 11 is 0. The maximum absolute atomic E-state index is 11.5. The molecule has 0 unspecified atom stereocenters. The van der Waals surface area contributed by atoms with Crippen LogP contribution in [-0.2, 0) is 4.74 Å². The summed E-state index contributed by atoms with van der Waals surface area (Å²) in [5, 5.41) is 3.17. The smallest absolute Gasteiger partial charge is 0.409 e. The quantitative estimate of drug-likeness (QED) is 0.328. The monoisotopic (exact) mass is 396 g/mol. The van der Waals surface area contributed by atoms with Crippen LogP contribution in [0.4, 0.5) is 4.79 Å². The minimum Gasteiger partial charge on any atom is -0.450 e. The number of piperidine rings is 1. The molecule has 1 amide bonds. The SMILES string of the molecule is C=C(C)CN=C(N)NC1CCN(C(=O)OCC)CC1.I. The van der Waals surface area contributed by atoms with Gasteiger partial charge in [0, 0.05) is 19.1 Å². The van der Waals surface area contributed by atoms with E-state index in [1.807, 2.05) is 13.8 Å². The topological polar surface area (TPSA) is 80.0 Å². The van der Waals surface area contributed by atoms with E-state index in [1.165, 1.54) is 0 Å². The van der Waals surface area contributed by atoms with Gasteiger partial charge in [0.05, 0.1) is 13.2 Å². The number of amides is 1. The van der Waals surface area contributed by atoms with E-state index in [-0.39, 0.29) is 36.1 Å². The predicted octanol–water partition coefficient (Wildman–Crippen LogP) is 1.71. The van der Waals surface area contributed by atoms with Crippen LogP contribution in [0, 0.1) is 0 Å². The van der Waals surface area contributed by atoms with Gasteiger partial charge in [0.2, 0.25) is 0 Å². The standard InChI is InChI=1S/C13H24N4O2.HI/c1-4-19-13(18)17-7-5-11(6-8-17)16-12(14)15-9-10(2)3;/h11H,2,4-9H2,1,3H3,(H3,14,15,16);1H. The third-order valence-corrected chi connectivity index (χ3v) is 2.89. The number of halogens is 1. The number of ether oxygens (including phenoxy) is 1. The van der Waals surface area contributed by atoms with E-state index in [0.717, 1.165) is 18.4 Å². The number of nitrogens with two attached hydrogens (primary N) is 1. The molecule has 0 atom stereocenters. The Morgan fingerprint density at radius 1 is 1.50 bits per heavy atom. The van der Waals surface area contributed by atoms with Crippen molar-refractivity contribution in [2.45, 2.75) is 32.7 Å². The van der Waals surface area contributed by atoms with Crippen LogP contribution >= 0.6 is 24.0 Å². The van der Waals surface area contributed by atoms with Crippen molar-refractivity contribution in [3.63, 3.8) is 0 Å². The van der Waals surface area contributed by atoms with Crippen molar-refractivity contribution >= 4 is 36.0 Å². The fraction of sp³-hybridized carbons (Fsp3) is 0.692. The Hall–Kier alpha value is -0.990. The molecule has 0 aliphatic carbocycles. The molecular weight excluding hydrogens is 371 g/mol. The number of rotatable bonds is 4. The summed E-state index contributed by atoms with van der Waals surface area (Å²) in [6.07, 6.45) is 1.47. The summed E-state index contributed by atoms with van der Waals surface area (Å²) in [5.41, 5.74) is 6.76. The van der Waals surface area contributed by atoms with Crippen molar-refractivity contribution in [3.05, 3.63) is 12.2 Å². The molecule has 1 heterocycles. The van der Waals surface area contributed by atoms with Gasteiger partial charge in [-0.1, -0.05) is 12.2 Å². The number of guanidine groups is 1. The number of carbonyl (C=O) groups excluding carboxylic acids is 1. The Balaban J connectivity index is 0.00000361. The number of carbonyl (C=O) groups is 1. The summed E-state index contributed by atoms with van der Waals surface area (Å²) in [6.45, 7) is 9.82. The molecule has 0 spiro atoms.